The highest BCUT2D eigenvalue weighted by Crippen LogP contribution is 2.32. The summed E-state index contributed by atoms with van der Waals surface area (Å²) in [4.78, 5) is 26.5. The van der Waals surface area contributed by atoms with Crippen LogP contribution in [0.15, 0.2) is 24.3 Å². The van der Waals surface area contributed by atoms with E-state index in [0.29, 0.717) is 17.3 Å². The van der Waals surface area contributed by atoms with Gasteiger partial charge in [-0.15, -0.1) is 5.10 Å². The van der Waals surface area contributed by atoms with E-state index >= 15 is 0 Å². The van der Waals surface area contributed by atoms with E-state index in [4.69, 9.17) is 16.3 Å². The van der Waals surface area contributed by atoms with Crippen LogP contribution in [0.2, 0.25) is 5.02 Å². The Labute approximate surface area is 150 Å². The summed E-state index contributed by atoms with van der Waals surface area (Å²) < 4.78 is 5.01. The summed E-state index contributed by atoms with van der Waals surface area (Å²) in [5, 5.41) is 11.1. The van der Waals surface area contributed by atoms with Crippen molar-refractivity contribution in [1.29, 1.82) is 0 Å². The predicted molar refractivity (Wildman–Crippen MR) is 91.2 cm³/mol. The number of esters is 1. The Morgan fingerprint density at radius 2 is 2.08 bits per heavy atom. The Hall–Kier alpha value is -2.41. The number of nitrogens with zero attached hydrogens (tertiary/aromatic N) is 3. The molecule has 3 rings (SSSR count). The molecule has 1 unspecified atom stereocenters. The number of carbonyl (C=O) groups is 2. The van der Waals surface area contributed by atoms with Crippen molar-refractivity contribution >= 4 is 23.5 Å². The maximum Gasteiger partial charge on any atom is 0.360 e. The van der Waals surface area contributed by atoms with Gasteiger partial charge in [0.15, 0.2) is 5.69 Å². The third kappa shape index (κ3) is 3.82. The zero-order chi connectivity index (χ0) is 17.8. The van der Waals surface area contributed by atoms with Gasteiger partial charge >= 0.3 is 5.97 Å². The number of rotatable bonds is 5. The van der Waals surface area contributed by atoms with Gasteiger partial charge in [-0.2, -0.15) is 10.3 Å². The van der Waals surface area contributed by atoms with Crippen LogP contribution in [0.3, 0.4) is 0 Å². The third-order valence-corrected chi connectivity index (χ3v) is 4.45. The van der Waals surface area contributed by atoms with Gasteiger partial charge in [0, 0.05) is 11.6 Å². The predicted octanol–water partition coefficient (Wildman–Crippen LogP) is 2.54. The highest BCUT2D eigenvalue weighted by Gasteiger charge is 2.35. The molecule has 2 aromatic rings. The fourth-order valence-electron chi connectivity index (χ4n) is 3.05. The van der Waals surface area contributed by atoms with Crippen molar-refractivity contribution in [2.24, 2.45) is 0 Å². The van der Waals surface area contributed by atoms with Crippen molar-refractivity contribution in [1.82, 2.24) is 20.3 Å². The van der Waals surface area contributed by atoms with Crippen LogP contribution in [0.4, 0.5) is 0 Å². The number of nitrogens with one attached hydrogen (secondary N) is 1. The minimum absolute atomic E-state index is 0.0115. The normalized spacial score (nSPS) is 16.9. The minimum Gasteiger partial charge on any atom is -0.461 e. The van der Waals surface area contributed by atoms with Gasteiger partial charge in [-0.3, -0.25) is 4.79 Å². The van der Waals surface area contributed by atoms with Crippen molar-refractivity contribution in [3.05, 3.63) is 46.2 Å². The van der Waals surface area contributed by atoms with E-state index in [9.17, 15) is 9.59 Å². The van der Waals surface area contributed by atoms with Gasteiger partial charge in [-0.1, -0.05) is 23.7 Å². The Bertz CT molecular complexity index is 760. The van der Waals surface area contributed by atoms with E-state index in [2.05, 4.69) is 15.4 Å². The molecule has 8 heteroatoms. The molecule has 0 bridgehead atoms. The Balaban J connectivity index is 1.76. The lowest BCUT2D eigenvalue weighted by atomic mass is 10.1. The lowest BCUT2D eigenvalue weighted by molar-refractivity contribution is -0.131. The highest BCUT2D eigenvalue weighted by molar-refractivity contribution is 6.30. The zero-order valence-electron chi connectivity index (χ0n) is 13.9. The van der Waals surface area contributed by atoms with Crippen molar-refractivity contribution < 1.29 is 14.3 Å². The maximum atomic E-state index is 12.7. The van der Waals surface area contributed by atoms with Crippen LogP contribution in [-0.2, 0) is 16.0 Å². The summed E-state index contributed by atoms with van der Waals surface area (Å²) in [6, 6.07) is 6.94. The van der Waals surface area contributed by atoms with Gasteiger partial charge in [-0.05, 0) is 37.5 Å². The second-order valence-corrected chi connectivity index (χ2v) is 6.26. The van der Waals surface area contributed by atoms with Crippen molar-refractivity contribution in [3.63, 3.8) is 0 Å². The summed E-state index contributed by atoms with van der Waals surface area (Å²) in [5.41, 5.74) is 1.52. The Morgan fingerprint density at radius 3 is 2.80 bits per heavy atom. The molecule has 132 valence electrons. The van der Waals surface area contributed by atoms with Crippen LogP contribution in [0.1, 0.15) is 47.6 Å². The van der Waals surface area contributed by atoms with E-state index in [-0.39, 0.29) is 30.7 Å². The summed E-state index contributed by atoms with van der Waals surface area (Å²) >= 11 is 5.88. The molecule has 1 fully saturated rings. The fourth-order valence-corrected chi connectivity index (χ4v) is 3.17. The molecule has 7 nitrogen and oxygen atoms in total. The van der Waals surface area contributed by atoms with Gasteiger partial charge in [-0.25, -0.2) is 4.79 Å². The smallest absolute Gasteiger partial charge is 0.360 e. The lowest BCUT2D eigenvalue weighted by Crippen LogP contribution is -2.32. The molecular formula is C17H19ClN4O3. The summed E-state index contributed by atoms with van der Waals surface area (Å²) in [6.45, 7) is 2.62. The summed E-state index contributed by atoms with van der Waals surface area (Å²) in [5.74, 6) is -0.536. The highest BCUT2D eigenvalue weighted by atomic mass is 35.5. The number of hydrogen-bond donors (Lipinski definition) is 1. The number of carbonyl (C=O) groups excluding carboxylic acids is 2. The van der Waals surface area contributed by atoms with Crippen LogP contribution in [-0.4, -0.2) is 45.3 Å². The van der Waals surface area contributed by atoms with E-state index < -0.39 is 5.97 Å². The quantitative estimate of drug-likeness (QED) is 0.826. The molecule has 0 spiro atoms. The molecule has 1 aliphatic rings. The maximum absolute atomic E-state index is 12.7. The summed E-state index contributed by atoms with van der Waals surface area (Å²) in [6.07, 6.45) is 1.87. The number of halogens is 1. The van der Waals surface area contributed by atoms with Gasteiger partial charge in [0.1, 0.15) is 5.69 Å². The number of likely N-dealkylation sites (tertiary alicyclic amines) is 1. The fraction of sp³-hybridized carbons (Fsp3) is 0.412. The molecule has 1 N–H and O–H groups in total. The first kappa shape index (κ1) is 17.4. The average molecular weight is 363 g/mol. The number of H-pyrrole nitrogens is 1. The van der Waals surface area contributed by atoms with Gasteiger partial charge in [0.25, 0.3) is 0 Å². The molecule has 1 saturated heterocycles. The van der Waals surface area contributed by atoms with Crippen molar-refractivity contribution in [2.75, 3.05) is 13.2 Å². The van der Waals surface area contributed by atoms with Gasteiger partial charge in [0.05, 0.1) is 19.1 Å². The van der Waals surface area contributed by atoms with Gasteiger partial charge < -0.3 is 9.64 Å². The molecule has 2 heterocycles. The SMILES string of the molecule is CCOC(=O)c1n[nH]nc1C1CCCN1C(=O)Cc1ccc(Cl)cc1. The Morgan fingerprint density at radius 1 is 1.32 bits per heavy atom. The molecule has 0 radical (unpaired) electrons. The summed E-state index contributed by atoms with van der Waals surface area (Å²) in [7, 11) is 0. The van der Waals surface area contributed by atoms with Crippen molar-refractivity contribution in [3.8, 4) is 0 Å². The zero-order valence-corrected chi connectivity index (χ0v) is 14.6. The number of hydrogen-bond acceptors (Lipinski definition) is 5. The van der Waals surface area contributed by atoms with Crippen LogP contribution < -0.4 is 0 Å². The molecule has 1 aliphatic heterocycles. The largest absolute Gasteiger partial charge is 0.461 e. The third-order valence-electron chi connectivity index (χ3n) is 4.20. The van der Waals surface area contributed by atoms with E-state index in [1.54, 1.807) is 24.0 Å². The molecule has 1 amide bonds. The second-order valence-electron chi connectivity index (χ2n) is 5.83. The second kappa shape index (κ2) is 7.65. The number of aromatic amines is 1. The number of ether oxygens (including phenoxy) is 1. The van der Waals surface area contributed by atoms with Crippen molar-refractivity contribution in [2.45, 2.75) is 32.2 Å². The number of benzene rings is 1. The van der Waals surface area contributed by atoms with E-state index in [1.807, 2.05) is 12.1 Å². The average Bonchev–Trinajstić information content (AvgIpc) is 3.25. The molecule has 25 heavy (non-hydrogen) atoms. The van der Waals surface area contributed by atoms with Gasteiger partial charge in [0.2, 0.25) is 5.91 Å². The van der Waals surface area contributed by atoms with Crippen LogP contribution in [0.25, 0.3) is 0 Å². The topological polar surface area (TPSA) is 88.2 Å². The standard InChI is InChI=1S/C17H19ClN4O3/c1-2-25-17(24)16-15(19-21-20-16)13-4-3-9-22(13)14(23)10-11-5-7-12(18)8-6-11/h5-8,13H,2-4,9-10H2,1H3,(H,19,20,21). The molecule has 1 aromatic carbocycles. The lowest BCUT2D eigenvalue weighted by Gasteiger charge is -2.23. The first-order valence-electron chi connectivity index (χ1n) is 8.21. The number of amides is 1. The Kier molecular flexibility index (Phi) is 5.33. The van der Waals surface area contributed by atoms with Crippen LogP contribution in [0.5, 0.6) is 0 Å². The minimum atomic E-state index is -0.525. The monoisotopic (exact) mass is 362 g/mol. The van der Waals surface area contributed by atoms with E-state index in [0.717, 1.165) is 18.4 Å². The van der Waals surface area contributed by atoms with Crippen LogP contribution >= 0.6 is 11.6 Å². The first-order valence-corrected chi connectivity index (χ1v) is 8.59. The molecular weight excluding hydrogens is 344 g/mol. The molecule has 0 aliphatic carbocycles. The molecule has 1 aromatic heterocycles. The van der Waals surface area contributed by atoms with E-state index in [1.165, 1.54) is 0 Å². The number of aromatic nitrogens is 3. The molecule has 0 saturated carbocycles. The molecule has 1 atom stereocenters. The first-order chi connectivity index (χ1) is 12.1. The van der Waals surface area contributed by atoms with Crippen LogP contribution in [0, 0.1) is 0 Å².